The van der Waals surface area contributed by atoms with Crippen LogP contribution in [0.2, 0.25) is 5.02 Å². The molecule has 0 unspecified atom stereocenters. The van der Waals surface area contributed by atoms with Crippen molar-refractivity contribution in [2.24, 2.45) is 14.1 Å². The maximum Gasteiger partial charge on any atom is 0.264 e. The lowest BCUT2D eigenvalue weighted by molar-refractivity contribution is 0.828. The van der Waals surface area contributed by atoms with Crippen molar-refractivity contribution in [2.75, 3.05) is 5.32 Å². The second kappa shape index (κ2) is 7.65. The van der Waals surface area contributed by atoms with Crippen molar-refractivity contribution in [1.29, 1.82) is 0 Å². The van der Waals surface area contributed by atoms with Gasteiger partial charge in [-0.2, -0.15) is 4.98 Å². The number of anilines is 1. The molecule has 1 N–H and O–H groups in total. The molecule has 0 atom stereocenters. The number of benzene rings is 2. The Hall–Kier alpha value is -3.05. The third-order valence-corrected chi connectivity index (χ3v) is 5.72. The molecule has 4 rings (SSSR count). The molecule has 2 aromatic heterocycles. The summed E-state index contributed by atoms with van der Waals surface area (Å²) in [7, 11) is 3.68. The third kappa shape index (κ3) is 3.50. The summed E-state index contributed by atoms with van der Waals surface area (Å²) in [5, 5.41) is 4.60. The molecule has 0 radical (unpaired) electrons. The van der Waals surface area contributed by atoms with E-state index in [2.05, 4.69) is 38.2 Å². The summed E-state index contributed by atoms with van der Waals surface area (Å²) in [4.78, 5) is 18.1. The Morgan fingerprint density at radius 3 is 2.43 bits per heavy atom. The Balaban J connectivity index is 1.83. The highest BCUT2D eigenvalue weighted by Crippen LogP contribution is 2.33. The highest BCUT2D eigenvalue weighted by atomic mass is 35.5. The van der Waals surface area contributed by atoms with E-state index in [1.807, 2.05) is 42.1 Å². The van der Waals surface area contributed by atoms with Gasteiger partial charge in [-0.05, 0) is 55.2 Å². The molecule has 0 aliphatic rings. The highest BCUT2D eigenvalue weighted by Gasteiger charge is 2.19. The van der Waals surface area contributed by atoms with Crippen LogP contribution in [0.4, 0.5) is 5.95 Å². The third-order valence-electron chi connectivity index (χ3n) is 5.48. The van der Waals surface area contributed by atoms with Gasteiger partial charge in [-0.1, -0.05) is 41.4 Å². The minimum atomic E-state index is -0.0661. The molecule has 0 bridgehead atoms. The minimum absolute atomic E-state index is 0.0661. The van der Waals surface area contributed by atoms with Gasteiger partial charge in [-0.15, -0.1) is 0 Å². The number of nitrogens with zero attached hydrogens (tertiary/aromatic N) is 3. The number of aryl methyl sites for hydroxylation is 4. The molecule has 154 valence electrons. The van der Waals surface area contributed by atoms with Crippen molar-refractivity contribution < 1.29 is 0 Å². The molecule has 4 aromatic rings. The highest BCUT2D eigenvalue weighted by molar-refractivity contribution is 6.30. The SMILES string of the molecule is Cc1cc(C)c(-c2cn(C)c3nc(NCc4cccc(Cl)c4)n(C)c(=O)c23)c(C)c1. The number of halogens is 1. The first-order chi connectivity index (χ1) is 14.3. The van der Waals surface area contributed by atoms with E-state index in [0.717, 1.165) is 27.8 Å². The lowest BCUT2D eigenvalue weighted by Gasteiger charge is -2.13. The quantitative estimate of drug-likeness (QED) is 0.498. The van der Waals surface area contributed by atoms with E-state index in [1.54, 1.807) is 11.6 Å². The molecule has 0 aliphatic heterocycles. The van der Waals surface area contributed by atoms with Gasteiger partial charge in [0.1, 0.15) is 5.65 Å². The van der Waals surface area contributed by atoms with Crippen LogP contribution >= 0.6 is 11.6 Å². The number of hydrogen-bond acceptors (Lipinski definition) is 3. The first-order valence-corrected chi connectivity index (χ1v) is 10.3. The topological polar surface area (TPSA) is 51.9 Å². The molecular formula is C24H25ClN4O. The van der Waals surface area contributed by atoms with Gasteiger partial charge < -0.3 is 9.88 Å². The van der Waals surface area contributed by atoms with Crippen LogP contribution in [0, 0.1) is 20.8 Å². The van der Waals surface area contributed by atoms with Gasteiger partial charge in [0.05, 0.1) is 5.39 Å². The fraction of sp³-hybridized carbons (Fsp3) is 0.250. The van der Waals surface area contributed by atoms with Gasteiger partial charge in [-0.3, -0.25) is 9.36 Å². The van der Waals surface area contributed by atoms with Crippen LogP contribution in [0.25, 0.3) is 22.2 Å². The van der Waals surface area contributed by atoms with Gasteiger partial charge in [0.15, 0.2) is 0 Å². The van der Waals surface area contributed by atoms with Gasteiger partial charge in [0.25, 0.3) is 5.56 Å². The molecule has 2 heterocycles. The standard InChI is InChI=1S/C24H25ClN4O/c1-14-9-15(2)20(16(3)10-14)19-13-28(4)22-21(19)23(30)29(5)24(27-22)26-12-17-7-6-8-18(25)11-17/h6-11,13H,12H2,1-5H3,(H,26,27). The monoisotopic (exact) mass is 420 g/mol. The van der Waals surface area contributed by atoms with Crippen molar-refractivity contribution in [1.82, 2.24) is 14.1 Å². The zero-order valence-corrected chi connectivity index (χ0v) is 18.6. The maximum absolute atomic E-state index is 13.4. The number of hydrogen-bond donors (Lipinski definition) is 1. The van der Waals surface area contributed by atoms with E-state index in [1.165, 1.54) is 5.56 Å². The smallest absolute Gasteiger partial charge is 0.264 e. The summed E-state index contributed by atoms with van der Waals surface area (Å²) in [5.74, 6) is 0.526. The molecular weight excluding hydrogens is 396 g/mol. The van der Waals surface area contributed by atoms with Crippen molar-refractivity contribution in [3.8, 4) is 11.1 Å². The molecule has 6 heteroatoms. The first-order valence-electron chi connectivity index (χ1n) is 9.89. The molecule has 0 saturated carbocycles. The van der Waals surface area contributed by atoms with E-state index in [9.17, 15) is 4.79 Å². The molecule has 5 nitrogen and oxygen atoms in total. The molecule has 2 aromatic carbocycles. The van der Waals surface area contributed by atoms with E-state index < -0.39 is 0 Å². The summed E-state index contributed by atoms with van der Waals surface area (Å²) < 4.78 is 3.50. The van der Waals surface area contributed by atoms with E-state index in [4.69, 9.17) is 16.6 Å². The summed E-state index contributed by atoms with van der Waals surface area (Å²) in [6.45, 7) is 6.80. The predicted octanol–water partition coefficient (Wildman–Crippen LogP) is 5.13. The Labute approximate surface area is 180 Å². The van der Waals surface area contributed by atoms with E-state index in [0.29, 0.717) is 28.5 Å². The summed E-state index contributed by atoms with van der Waals surface area (Å²) in [6.07, 6.45) is 2.00. The molecule has 0 spiro atoms. The van der Waals surface area contributed by atoms with Crippen LogP contribution in [0.3, 0.4) is 0 Å². The van der Waals surface area contributed by atoms with Gasteiger partial charge in [-0.25, -0.2) is 0 Å². The molecule has 0 aliphatic carbocycles. The first kappa shape index (κ1) is 20.2. The average molecular weight is 421 g/mol. The molecule has 0 fully saturated rings. The molecule has 0 amide bonds. The van der Waals surface area contributed by atoms with E-state index >= 15 is 0 Å². The van der Waals surface area contributed by atoms with Gasteiger partial charge >= 0.3 is 0 Å². The van der Waals surface area contributed by atoms with Crippen molar-refractivity contribution >= 4 is 28.6 Å². The van der Waals surface area contributed by atoms with E-state index in [-0.39, 0.29) is 5.56 Å². The molecule has 0 saturated heterocycles. The maximum atomic E-state index is 13.4. The number of aromatic nitrogens is 3. The second-order valence-corrected chi connectivity index (χ2v) is 8.35. The summed E-state index contributed by atoms with van der Waals surface area (Å²) in [6, 6.07) is 11.9. The number of rotatable bonds is 4. The van der Waals surface area contributed by atoms with Crippen LogP contribution < -0.4 is 10.9 Å². The van der Waals surface area contributed by atoms with Crippen molar-refractivity contribution in [2.45, 2.75) is 27.3 Å². The zero-order valence-electron chi connectivity index (χ0n) is 17.9. The fourth-order valence-electron chi connectivity index (χ4n) is 4.18. The summed E-state index contributed by atoms with van der Waals surface area (Å²) in [5.41, 5.74) is 7.18. The lowest BCUT2D eigenvalue weighted by atomic mass is 9.94. The van der Waals surface area contributed by atoms with Gasteiger partial charge in [0.2, 0.25) is 5.95 Å². The minimum Gasteiger partial charge on any atom is -0.351 e. The number of nitrogens with one attached hydrogen (secondary N) is 1. The second-order valence-electron chi connectivity index (χ2n) is 7.91. The van der Waals surface area contributed by atoms with Crippen LogP contribution in [-0.2, 0) is 20.6 Å². The van der Waals surface area contributed by atoms with Crippen LogP contribution in [0.5, 0.6) is 0 Å². The Bertz CT molecular complexity index is 1310. The zero-order chi connectivity index (χ0) is 21.6. The molecule has 30 heavy (non-hydrogen) atoms. The predicted molar refractivity (Wildman–Crippen MR) is 124 cm³/mol. The Kier molecular flexibility index (Phi) is 5.16. The normalized spacial score (nSPS) is 11.3. The average Bonchev–Trinajstić information content (AvgIpc) is 2.99. The fourth-order valence-corrected chi connectivity index (χ4v) is 4.39. The van der Waals surface area contributed by atoms with Crippen LogP contribution in [0.1, 0.15) is 22.3 Å². The van der Waals surface area contributed by atoms with Crippen LogP contribution in [0.15, 0.2) is 47.4 Å². The Morgan fingerprint density at radius 2 is 1.77 bits per heavy atom. The Morgan fingerprint density at radius 1 is 1.07 bits per heavy atom. The van der Waals surface area contributed by atoms with Crippen molar-refractivity contribution in [3.05, 3.63) is 80.2 Å². The summed E-state index contributed by atoms with van der Waals surface area (Å²) >= 11 is 6.08. The van der Waals surface area contributed by atoms with Crippen molar-refractivity contribution in [3.63, 3.8) is 0 Å². The lowest BCUT2D eigenvalue weighted by Crippen LogP contribution is -2.22. The number of fused-ring (bicyclic) bond motifs is 1. The van der Waals surface area contributed by atoms with Crippen LogP contribution in [-0.4, -0.2) is 14.1 Å². The van der Waals surface area contributed by atoms with Gasteiger partial charge in [0, 0.05) is 37.4 Å². The largest absolute Gasteiger partial charge is 0.351 e.